The van der Waals surface area contributed by atoms with E-state index in [-0.39, 0.29) is 11.9 Å². The van der Waals surface area contributed by atoms with Crippen molar-refractivity contribution in [2.75, 3.05) is 6.54 Å². The first-order chi connectivity index (χ1) is 16.4. The van der Waals surface area contributed by atoms with Gasteiger partial charge in [0.15, 0.2) is 0 Å². The molecule has 0 spiro atoms. The smallest absolute Gasteiger partial charge is 0.273 e. The van der Waals surface area contributed by atoms with E-state index in [9.17, 15) is 4.79 Å². The summed E-state index contributed by atoms with van der Waals surface area (Å²) in [6, 6.07) is 13.4. The van der Waals surface area contributed by atoms with Crippen molar-refractivity contribution >= 4 is 17.2 Å². The highest BCUT2D eigenvalue weighted by molar-refractivity contribution is 7.09. The number of amides is 1. The number of aromatic nitrogens is 4. The number of hydrogen-bond donors (Lipinski definition) is 1. The molecule has 4 heterocycles. The molecule has 8 nitrogen and oxygen atoms in total. The van der Waals surface area contributed by atoms with Gasteiger partial charge in [-0.05, 0) is 50.8 Å². The quantitative estimate of drug-likeness (QED) is 0.444. The fourth-order valence-corrected chi connectivity index (χ4v) is 5.23. The Hall–Kier alpha value is -3.43. The maximum absolute atomic E-state index is 13.3. The van der Waals surface area contributed by atoms with Crippen LogP contribution in [-0.2, 0) is 12.0 Å². The number of rotatable bonds is 6. The number of hydrogen-bond acceptors (Lipinski definition) is 8. The van der Waals surface area contributed by atoms with Crippen LogP contribution in [-0.4, -0.2) is 37.5 Å². The van der Waals surface area contributed by atoms with Crippen molar-refractivity contribution in [1.82, 2.24) is 25.1 Å². The van der Waals surface area contributed by atoms with Gasteiger partial charge in [0, 0.05) is 29.4 Å². The van der Waals surface area contributed by atoms with Crippen molar-refractivity contribution in [3.05, 3.63) is 81.9 Å². The second-order valence-electron chi connectivity index (χ2n) is 8.91. The third-order valence-corrected chi connectivity index (χ3v) is 7.05. The first kappa shape index (κ1) is 22.4. The third-order valence-electron chi connectivity index (χ3n) is 5.99. The van der Waals surface area contributed by atoms with E-state index < -0.39 is 5.54 Å². The molecule has 4 aromatic rings. The molecule has 2 N–H and O–H groups in total. The molecule has 3 aromatic heterocycles. The Labute approximate surface area is 201 Å². The second kappa shape index (κ2) is 9.08. The normalized spacial score (nSPS) is 17.6. The standard InChI is InChI=1S/C25H26N6O2S/c1-16-15-34-22(28-16)20-9-6-12-31(20)23(32)19-13-18(10-11-27-19)21-29-30-24(33-21)25(2,26)14-17-7-4-3-5-8-17/h3-5,7-8,10-11,13,15,20H,6,9,12,14,26H2,1-2H3. The van der Waals surface area contributed by atoms with Crippen LogP contribution in [0.4, 0.5) is 0 Å². The Morgan fingerprint density at radius 1 is 1.26 bits per heavy atom. The average Bonchev–Trinajstić information content (AvgIpc) is 3.59. The highest BCUT2D eigenvalue weighted by Gasteiger charge is 2.33. The molecule has 1 aliphatic rings. The zero-order valence-electron chi connectivity index (χ0n) is 19.1. The highest BCUT2D eigenvalue weighted by Crippen LogP contribution is 2.35. The molecule has 5 rings (SSSR count). The predicted octanol–water partition coefficient (Wildman–Crippen LogP) is 4.29. The number of nitrogens with two attached hydrogens (primary N) is 1. The topological polar surface area (TPSA) is 111 Å². The lowest BCUT2D eigenvalue weighted by molar-refractivity contribution is 0.0729. The molecule has 2 atom stereocenters. The number of aryl methyl sites for hydroxylation is 1. The average molecular weight is 475 g/mol. The first-order valence-corrected chi connectivity index (χ1v) is 12.1. The second-order valence-corrected chi connectivity index (χ2v) is 9.80. The minimum absolute atomic E-state index is 0.0115. The Bertz CT molecular complexity index is 1300. The van der Waals surface area contributed by atoms with Gasteiger partial charge in [0.05, 0.1) is 11.6 Å². The highest BCUT2D eigenvalue weighted by atomic mass is 32.1. The van der Waals surface area contributed by atoms with E-state index in [1.54, 1.807) is 29.7 Å². The lowest BCUT2D eigenvalue weighted by Crippen LogP contribution is -2.35. The number of carbonyl (C=O) groups excluding carboxylic acids is 1. The van der Waals surface area contributed by atoms with E-state index in [4.69, 9.17) is 10.2 Å². The first-order valence-electron chi connectivity index (χ1n) is 11.3. The van der Waals surface area contributed by atoms with Crippen molar-refractivity contribution < 1.29 is 9.21 Å². The SMILES string of the molecule is Cc1csc(C2CCCN2C(=O)c2cc(-c3nnc(C(C)(N)Cc4ccccc4)o3)ccn2)n1. The molecule has 2 unspecified atom stereocenters. The van der Waals surface area contributed by atoms with E-state index in [1.807, 2.05) is 54.5 Å². The molecule has 0 aliphatic carbocycles. The van der Waals surface area contributed by atoms with E-state index in [0.29, 0.717) is 36.0 Å². The summed E-state index contributed by atoms with van der Waals surface area (Å²) in [4.78, 5) is 24.1. The molecule has 1 aromatic carbocycles. The monoisotopic (exact) mass is 474 g/mol. The summed E-state index contributed by atoms with van der Waals surface area (Å²) in [5.41, 5.74) is 8.73. The van der Waals surface area contributed by atoms with Gasteiger partial charge in [-0.1, -0.05) is 30.3 Å². The third kappa shape index (κ3) is 4.49. The molecule has 1 aliphatic heterocycles. The molecule has 0 bridgehead atoms. The van der Waals surface area contributed by atoms with Crippen molar-refractivity contribution in [2.45, 2.75) is 44.7 Å². The van der Waals surface area contributed by atoms with E-state index >= 15 is 0 Å². The van der Waals surface area contributed by atoms with Crippen LogP contribution in [0.5, 0.6) is 0 Å². The van der Waals surface area contributed by atoms with Crippen molar-refractivity contribution in [1.29, 1.82) is 0 Å². The van der Waals surface area contributed by atoms with E-state index in [0.717, 1.165) is 29.1 Å². The van der Waals surface area contributed by atoms with Gasteiger partial charge in [-0.15, -0.1) is 21.5 Å². The number of nitrogens with zero attached hydrogens (tertiary/aromatic N) is 5. The zero-order valence-corrected chi connectivity index (χ0v) is 20.0. The van der Waals surface area contributed by atoms with Crippen LogP contribution in [0, 0.1) is 6.92 Å². The van der Waals surface area contributed by atoms with Crippen LogP contribution in [0.2, 0.25) is 0 Å². The summed E-state index contributed by atoms with van der Waals surface area (Å²) in [6.07, 6.45) is 4.00. The Morgan fingerprint density at radius 3 is 2.85 bits per heavy atom. The number of thiazole rings is 1. The largest absolute Gasteiger partial charge is 0.419 e. The van der Waals surface area contributed by atoms with Crippen LogP contribution in [0.25, 0.3) is 11.5 Å². The van der Waals surface area contributed by atoms with E-state index in [2.05, 4.69) is 20.2 Å². The van der Waals surface area contributed by atoms with Gasteiger partial charge >= 0.3 is 0 Å². The summed E-state index contributed by atoms with van der Waals surface area (Å²) < 4.78 is 5.95. The molecule has 34 heavy (non-hydrogen) atoms. The van der Waals surface area contributed by atoms with Gasteiger partial charge in [0.1, 0.15) is 10.7 Å². The lowest BCUT2D eigenvalue weighted by Gasteiger charge is -2.22. The van der Waals surface area contributed by atoms with Gasteiger partial charge in [-0.2, -0.15) is 0 Å². The minimum Gasteiger partial charge on any atom is -0.419 e. The summed E-state index contributed by atoms with van der Waals surface area (Å²) in [5.74, 6) is 0.532. The van der Waals surface area contributed by atoms with Crippen molar-refractivity contribution in [2.24, 2.45) is 5.73 Å². The molecule has 174 valence electrons. The predicted molar refractivity (Wildman–Crippen MR) is 129 cm³/mol. The molecule has 9 heteroatoms. The Balaban J connectivity index is 1.36. The van der Waals surface area contributed by atoms with Gasteiger partial charge in [-0.3, -0.25) is 9.78 Å². The minimum atomic E-state index is -0.826. The van der Waals surface area contributed by atoms with Crippen LogP contribution in [0.15, 0.2) is 58.5 Å². The summed E-state index contributed by atoms with van der Waals surface area (Å²) >= 11 is 1.60. The van der Waals surface area contributed by atoms with Crippen LogP contribution in [0.1, 0.15) is 58.5 Å². The van der Waals surface area contributed by atoms with Crippen molar-refractivity contribution in [3.8, 4) is 11.5 Å². The Kier molecular flexibility index (Phi) is 5.97. The van der Waals surface area contributed by atoms with Gasteiger partial charge < -0.3 is 15.1 Å². The number of pyridine rings is 1. The van der Waals surface area contributed by atoms with Crippen LogP contribution < -0.4 is 5.73 Å². The van der Waals surface area contributed by atoms with Crippen molar-refractivity contribution in [3.63, 3.8) is 0 Å². The van der Waals surface area contributed by atoms with E-state index in [1.165, 1.54) is 0 Å². The fraction of sp³-hybridized carbons (Fsp3) is 0.320. The lowest BCUT2D eigenvalue weighted by atomic mass is 9.94. The summed E-state index contributed by atoms with van der Waals surface area (Å²) in [5, 5.41) is 11.4. The van der Waals surface area contributed by atoms with Gasteiger partial charge in [0.2, 0.25) is 11.8 Å². The van der Waals surface area contributed by atoms with Gasteiger partial charge in [-0.25, -0.2) is 4.98 Å². The van der Waals surface area contributed by atoms with Gasteiger partial charge in [0.25, 0.3) is 5.91 Å². The molecule has 0 saturated carbocycles. The molecular weight excluding hydrogens is 448 g/mol. The summed E-state index contributed by atoms with van der Waals surface area (Å²) in [7, 11) is 0. The molecular formula is C25H26N6O2S. The Morgan fingerprint density at radius 2 is 2.09 bits per heavy atom. The summed E-state index contributed by atoms with van der Waals surface area (Å²) in [6.45, 7) is 4.52. The maximum Gasteiger partial charge on any atom is 0.273 e. The molecule has 0 radical (unpaired) electrons. The zero-order chi connectivity index (χ0) is 23.7. The maximum atomic E-state index is 13.3. The fourth-order valence-electron chi connectivity index (χ4n) is 4.29. The number of carbonyl (C=O) groups is 1. The van der Waals surface area contributed by atoms with Crippen LogP contribution in [0.3, 0.4) is 0 Å². The molecule has 1 saturated heterocycles. The number of likely N-dealkylation sites (tertiary alicyclic amines) is 1. The number of benzene rings is 1. The molecule has 1 fully saturated rings. The molecule has 1 amide bonds. The van der Waals surface area contributed by atoms with Crippen LogP contribution >= 0.6 is 11.3 Å².